The summed E-state index contributed by atoms with van der Waals surface area (Å²) in [6.07, 6.45) is 0.863. The lowest BCUT2D eigenvalue weighted by Gasteiger charge is -2.35. The van der Waals surface area contributed by atoms with Gasteiger partial charge in [-0.3, -0.25) is 23.7 Å². The molecule has 0 bridgehead atoms. The molecule has 0 spiro atoms. The second-order valence-corrected chi connectivity index (χ2v) is 8.23. The monoisotopic (exact) mass is 442 g/mol. The summed E-state index contributed by atoms with van der Waals surface area (Å²) < 4.78 is 9.82. The zero-order valence-electron chi connectivity index (χ0n) is 18.6. The highest BCUT2D eigenvalue weighted by Gasteiger charge is 2.21. The molecule has 0 radical (unpaired) electrons. The largest absolute Gasteiger partial charge is 0.492 e. The van der Waals surface area contributed by atoms with Gasteiger partial charge < -0.3 is 14.4 Å². The molecule has 0 aliphatic carbocycles. The summed E-state index contributed by atoms with van der Waals surface area (Å²) in [5.74, 6) is 0.885. The summed E-state index contributed by atoms with van der Waals surface area (Å²) in [6.45, 7) is 5.84. The first-order chi connectivity index (χ1) is 15.4. The molecular weight excluding hydrogens is 412 g/mol. The maximum Gasteiger partial charge on any atom is 0.332 e. The average Bonchev–Trinajstić information content (AvgIpc) is 3.21. The van der Waals surface area contributed by atoms with E-state index in [0.717, 1.165) is 43.0 Å². The van der Waals surface area contributed by atoms with Crippen molar-refractivity contribution in [1.29, 1.82) is 0 Å². The molecule has 1 aliphatic rings. The summed E-state index contributed by atoms with van der Waals surface area (Å²) >= 11 is 0. The van der Waals surface area contributed by atoms with Crippen LogP contribution in [0, 0.1) is 0 Å². The Morgan fingerprint density at radius 1 is 1.00 bits per heavy atom. The van der Waals surface area contributed by atoms with E-state index in [2.05, 4.69) is 14.8 Å². The van der Waals surface area contributed by atoms with E-state index in [0.29, 0.717) is 24.3 Å². The molecule has 1 saturated heterocycles. The predicted octanol–water partition coefficient (Wildman–Crippen LogP) is -0.509. The molecule has 1 aliphatic heterocycles. The minimum Gasteiger partial charge on any atom is -0.492 e. The Balaban J connectivity index is 1.27. The van der Waals surface area contributed by atoms with Crippen LogP contribution in [-0.2, 0) is 20.6 Å². The first-order valence-electron chi connectivity index (χ1n) is 10.9. The minimum atomic E-state index is -0.651. The molecule has 1 aromatic carbocycles. The predicted molar refractivity (Wildman–Crippen MR) is 121 cm³/mol. The number of aromatic nitrogens is 4. The Labute approximate surface area is 185 Å². The number of hydrogen-bond acceptors (Lipinski definition) is 7. The molecule has 10 nitrogen and oxygen atoms in total. The zero-order chi connectivity index (χ0) is 22.7. The third-order valence-corrected chi connectivity index (χ3v) is 5.98. The molecular formula is C22H30N6O4. The maximum absolute atomic E-state index is 12.5. The van der Waals surface area contributed by atoms with Crippen LogP contribution >= 0.6 is 0 Å². The van der Waals surface area contributed by atoms with Gasteiger partial charge in [0.1, 0.15) is 12.4 Å². The van der Waals surface area contributed by atoms with Crippen LogP contribution in [0.1, 0.15) is 0 Å². The van der Waals surface area contributed by atoms with Crippen molar-refractivity contribution in [3.05, 3.63) is 57.5 Å². The third-order valence-electron chi connectivity index (χ3n) is 5.98. The van der Waals surface area contributed by atoms with E-state index in [1.165, 1.54) is 17.9 Å². The van der Waals surface area contributed by atoms with Crippen LogP contribution in [0.15, 0.2) is 46.2 Å². The molecule has 1 N–H and O–H groups in total. The van der Waals surface area contributed by atoms with E-state index in [4.69, 9.17) is 4.74 Å². The molecule has 3 aromatic rings. The fourth-order valence-electron chi connectivity index (χ4n) is 4.12. The topological polar surface area (TPSA) is 97.8 Å². The fourth-order valence-corrected chi connectivity index (χ4v) is 4.12. The number of rotatable bonds is 8. The molecule has 2 aromatic heterocycles. The van der Waals surface area contributed by atoms with Crippen molar-refractivity contribution in [1.82, 2.24) is 28.5 Å². The summed E-state index contributed by atoms with van der Waals surface area (Å²) in [6, 6.07) is 9.81. The van der Waals surface area contributed by atoms with Crippen molar-refractivity contribution in [2.45, 2.75) is 12.6 Å². The van der Waals surface area contributed by atoms with Crippen LogP contribution in [0.2, 0.25) is 0 Å². The lowest BCUT2D eigenvalue weighted by Crippen LogP contribution is -2.49. The van der Waals surface area contributed by atoms with E-state index in [9.17, 15) is 14.7 Å². The number of fused-ring (bicyclic) bond motifs is 1. The number of para-hydroxylation sites is 1. The Morgan fingerprint density at radius 2 is 1.69 bits per heavy atom. The lowest BCUT2D eigenvalue weighted by atomic mass is 10.2. The second kappa shape index (κ2) is 9.68. The normalized spacial score (nSPS) is 16.5. The van der Waals surface area contributed by atoms with Crippen LogP contribution in [0.3, 0.4) is 0 Å². The van der Waals surface area contributed by atoms with Gasteiger partial charge in [-0.1, -0.05) is 18.2 Å². The summed E-state index contributed by atoms with van der Waals surface area (Å²) in [7, 11) is 3.03. The SMILES string of the molecule is Cn1c(=O)c2c(ncn2CC(O)CN2CCN(CCOc3ccccc3)CC2)n(C)c1=O. The fraction of sp³-hybridized carbons (Fsp3) is 0.500. The van der Waals surface area contributed by atoms with Crippen molar-refractivity contribution in [2.24, 2.45) is 14.1 Å². The van der Waals surface area contributed by atoms with Crippen LogP contribution in [-0.4, -0.2) is 85.6 Å². The van der Waals surface area contributed by atoms with Gasteiger partial charge in [-0.15, -0.1) is 0 Å². The van der Waals surface area contributed by atoms with Gasteiger partial charge >= 0.3 is 5.69 Å². The van der Waals surface area contributed by atoms with E-state index in [-0.39, 0.29) is 6.54 Å². The molecule has 0 amide bonds. The van der Waals surface area contributed by atoms with Gasteiger partial charge in [-0.25, -0.2) is 9.78 Å². The van der Waals surface area contributed by atoms with Crippen LogP contribution < -0.4 is 16.0 Å². The van der Waals surface area contributed by atoms with Crippen molar-refractivity contribution in [3.8, 4) is 5.75 Å². The first-order valence-corrected chi connectivity index (χ1v) is 10.9. The summed E-state index contributed by atoms with van der Waals surface area (Å²) in [5, 5.41) is 10.6. The maximum atomic E-state index is 12.5. The highest BCUT2D eigenvalue weighted by atomic mass is 16.5. The first kappa shape index (κ1) is 22.3. The lowest BCUT2D eigenvalue weighted by molar-refractivity contribution is 0.0608. The van der Waals surface area contributed by atoms with Gasteiger partial charge in [0.05, 0.1) is 19.0 Å². The Bertz CT molecular complexity index is 1160. The standard InChI is InChI=1S/C22H30N6O4/c1-24-20-19(21(30)25(2)22(24)31)28(16-23-20)15-17(29)14-27-10-8-26(9-11-27)12-13-32-18-6-4-3-5-7-18/h3-7,16-17,29H,8-15H2,1-2H3. The van der Waals surface area contributed by atoms with Gasteiger partial charge in [-0.2, -0.15) is 0 Å². The van der Waals surface area contributed by atoms with Crippen molar-refractivity contribution in [3.63, 3.8) is 0 Å². The number of β-amino-alcohol motifs (C(OH)–C–C–N with tert-alkyl or cyclic N) is 1. The third kappa shape index (κ3) is 4.77. The Kier molecular flexibility index (Phi) is 6.73. The molecule has 1 atom stereocenters. The number of piperazine rings is 1. The Hall–Kier alpha value is -2.95. The van der Waals surface area contributed by atoms with E-state index < -0.39 is 17.4 Å². The van der Waals surface area contributed by atoms with Gasteiger partial charge in [0.15, 0.2) is 11.2 Å². The van der Waals surface area contributed by atoms with Crippen LogP contribution in [0.5, 0.6) is 5.75 Å². The summed E-state index contributed by atoms with van der Waals surface area (Å²) in [5.41, 5.74) is -0.159. The van der Waals surface area contributed by atoms with Crippen LogP contribution in [0.25, 0.3) is 11.2 Å². The molecule has 3 heterocycles. The van der Waals surface area contributed by atoms with E-state index in [1.54, 1.807) is 11.6 Å². The number of aryl methyl sites for hydroxylation is 1. The number of ether oxygens (including phenoxy) is 1. The molecule has 32 heavy (non-hydrogen) atoms. The highest BCUT2D eigenvalue weighted by molar-refractivity contribution is 5.69. The van der Waals surface area contributed by atoms with Gasteiger partial charge in [0.2, 0.25) is 0 Å². The quantitative estimate of drug-likeness (QED) is 0.502. The molecule has 4 rings (SSSR count). The second-order valence-electron chi connectivity index (χ2n) is 8.23. The molecule has 1 unspecified atom stereocenters. The van der Waals surface area contributed by atoms with Gasteiger partial charge in [0, 0.05) is 53.4 Å². The molecule has 1 fully saturated rings. The number of hydrogen-bond donors (Lipinski definition) is 1. The number of aliphatic hydroxyl groups excluding tert-OH is 1. The number of nitrogens with zero attached hydrogens (tertiary/aromatic N) is 6. The van der Waals surface area contributed by atoms with Gasteiger partial charge in [0.25, 0.3) is 5.56 Å². The molecule has 10 heteroatoms. The summed E-state index contributed by atoms with van der Waals surface area (Å²) in [4.78, 5) is 33.4. The minimum absolute atomic E-state index is 0.245. The van der Waals surface area contributed by atoms with Gasteiger partial charge in [-0.05, 0) is 12.1 Å². The Morgan fingerprint density at radius 3 is 2.41 bits per heavy atom. The average molecular weight is 443 g/mol. The molecule has 0 saturated carbocycles. The zero-order valence-corrected chi connectivity index (χ0v) is 18.6. The van der Waals surface area contributed by atoms with Crippen LogP contribution in [0.4, 0.5) is 0 Å². The van der Waals surface area contributed by atoms with Crippen molar-refractivity contribution in [2.75, 3.05) is 45.9 Å². The molecule has 172 valence electrons. The highest BCUT2D eigenvalue weighted by Crippen LogP contribution is 2.10. The number of benzene rings is 1. The number of aliphatic hydroxyl groups is 1. The number of imidazole rings is 1. The van der Waals surface area contributed by atoms with Crippen molar-refractivity contribution >= 4 is 11.2 Å². The van der Waals surface area contributed by atoms with E-state index in [1.807, 2.05) is 30.3 Å². The van der Waals surface area contributed by atoms with Crippen molar-refractivity contribution < 1.29 is 9.84 Å². The van der Waals surface area contributed by atoms with E-state index >= 15 is 0 Å². The smallest absolute Gasteiger partial charge is 0.332 e.